The average Bonchev–Trinajstić information content (AvgIpc) is 3.03. The summed E-state index contributed by atoms with van der Waals surface area (Å²) in [6.07, 6.45) is 1.59. The molecule has 1 aromatic heterocycles. The second kappa shape index (κ2) is 6.36. The average molecular weight is 308 g/mol. The number of hydrogen-bond acceptors (Lipinski definition) is 4. The number of methoxy groups -OCH3 is 1. The number of nitrogens with one attached hydrogen (secondary N) is 1. The highest BCUT2D eigenvalue weighted by molar-refractivity contribution is 6.05. The summed E-state index contributed by atoms with van der Waals surface area (Å²) in [5.41, 5.74) is 3.31. The van der Waals surface area contributed by atoms with Gasteiger partial charge < -0.3 is 9.26 Å². The van der Waals surface area contributed by atoms with Crippen LogP contribution in [0.5, 0.6) is 5.75 Å². The SMILES string of the molecule is COc1cccc(C(=O)Nc2oncc2-c2ccc(C)cc2)c1. The Morgan fingerprint density at radius 1 is 1.17 bits per heavy atom. The van der Waals surface area contributed by atoms with E-state index in [1.807, 2.05) is 31.2 Å². The first-order valence-corrected chi connectivity index (χ1v) is 7.14. The first-order valence-electron chi connectivity index (χ1n) is 7.14. The van der Waals surface area contributed by atoms with Gasteiger partial charge in [-0.05, 0) is 30.7 Å². The van der Waals surface area contributed by atoms with Gasteiger partial charge in [0.2, 0.25) is 5.88 Å². The van der Waals surface area contributed by atoms with Crippen LogP contribution in [0.2, 0.25) is 0 Å². The first kappa shape index (κ1) is 14.8. The Hall–Kier alpha value is -3.08. The van der Waals surface area contributed by atoms with Crippen molar-refractivity contribution in [3.63, 3.8) is 0 Å². The van der Waals surface area contributed by atoms with Crippen molar-refractivity contribution in [2.75, 3.05) is 12.4 Å². The molecule has 116 valence electrons. The van der Waals surface area contributed by atoms with Gasteiger partial charge in [0.15, 0.2) is 0 Å². The lowest BCUT2D eigenvalue weighted by atomic mass is 10.1. The van der Waals surface area contributed by atoms with Crippen molar-refractivity contribution >= 4 is 11.8 Å². The van der Waals surface area contributed by atoms with E-state index < -0.39 is 0 Å². The molecule has 23 heavy (non-hydrogen) atoms. The summed E-state index contributed by atoms with van der Waals surface area (Å²) in [5, 5.41) is 6.53. The zero-order chi connectivity index (χ0) is 16.2. The molecule has 5 nitrogen and oxygen atoms in total. The minimum absolute atomic E-state index is 0.283. The van der Waals surface area contributed by atoms with E-state index in [4.69, 9.17) is 9.26 Å². The van der Waals surface area contributed by atoms with Crippen LogP contribution in [0.1, 0.15) is 15.9 Å². The van der Waals surface area contributed by atoms with Crippen LogP contribution < -0.4 is 10.1 Å². The molecule has 0 radical (unpaired) electrons. The standard InChI is InChI=1S/C18H16N2O3/c1-12-6-8-13(9-7-12)16-11-19-23-18(16)20-17(21)14-4-3-5-15(10-14)22-2/h3-11H,1-2H3,(H,20,21). The Labute approximate surface area is 133 Å². The Balaban J connectivity index is 1.85. The topological polar surface area (TPSA) is 64.4 Å². The third kappa shape index (κ3) is 3.23. The molecule has 1 heterocycles. The maximum atomic E-state index is 12.4. The fraction of sp³-hybridized carbons (Fsp3) is 0.111. The van der Waals surface area contributed by atoms with Crippen molar-refractivity contribution in [2.45, 2.75) is 6.92 Å². The lowest BCUT2D eigenvalue weighted by molar-refractivity contribution is 0.102. The number of aryl methyl sites for hydroxylation is 1. The van der Waals surface area contributed by atoms with Gasteiger partial charge in [-0.15, -0.1) is 0 Å². The van der Waals surface area contributed by atoms with Gasteiger partial charge in [-0.25, -0.2) is 0 Å². The summed E-state index contributed by atoms with van der Waals surface area (Å²) in [5.74, 6) is 0.657. The van der Waals surface area contributed by atoms with Crippen molar-refractivity contribution < 1.29 is 14.1 Å². The number of aromatic nitrogens is 1. The zero-order valence-electron chi connectivity index (χ0n) is 12.9. The molecule has 0 bridgehead atoms. The van der Waals surface area contributed by atoms with Gasteiger partial charge in [-0.3, -0.25) is 10.1 Å². The number of carbonyl (C=O) groups is 1. The molecule has 1 N–H and O–H groups in total. The number of benzene rings is 2. The summed E-state index contributed by atoms with van der Waals surface area (Å²) in [6, 6.07) is 14.8. The molecule has 0 saturated carbocycles. The summed E-state index contributed by atoms with van der Waals surface area (Å²) in [4.78, 5) is 12.4. The van der Waals surface area contributed by atoms with E-state index >= 15 is 0 Å². The number of anilines is 1. The molecule has 0 spiro atoms. The van der Waals surface area contributed by atoms with Crippen LogP contribution in [0.15, 0.2) is 59.3 Å². The molecule has 0 aliphatic heterocycles. The Morgan fingerprint density at radius 2 is 1.96 bits per heavy atom. The number of carbonyl (C=O) groups excluding carboxylic acids is 1. The highest BCUT2D eigenvalue weighted by atomic mass is 16.5. The van der Waals surface area contributed by atoms with Crippen LogP contribution in [-0.2, 0) is 0 Å². The third-order valence-corrected chi connectivity index (χ3v) is 3.49. The number of ether oxygens (including phenoxy) is 1. The normalized spacial score (nSPS) is 10.3. The van der Waals surface area contributed by atoms with Crippen molar-refractivity contribution in [3.8, 4) is 16.9 Å². The van der Waals surface area contributed by atoms with Crippen LogP contribution in [0, 0.1) is 6.92 Å². The minimum atomic E-state index is -0.283. The van der Waals surface area contributed by atoms with Gasteiger partial charge >= 0.3 is 0 Å². The van der Waals surface area contributed by atoms with Crippen LogP contribution in [0.3, 0.4) is 0 Å². The highest BCUT2D eigenvalue weighted by Crippen LogP contribution is 2.28. The van der Waals surface area contributed by atoms with Crippen molar-refractivity contribution in [2.24, 2.45) is 0 Å². The third-order valence-electron chi connectivity index (χ3n) is 3.49. The molecule has 0 fully saturated rings. The summed E-state index contributed by atoms with van der Waals surface area (Å²) < 4.78 is 10.3. The molecule has 3 aromatic rings. The monoisotopic (exact) mass is 308 g/mol. The lowest BCUT2D eigenvalue weighted by Crippen LogP contribution is -2.12. The molecular weight excluding hydrogens is 292 g/mol. The van der Waals surface area contributed by atoms with Gasteiger partial charge in [0.1, 0.15) is 5.75 Å². The van der Waals surface area contributed by atoms with Crippen molar-refractivity contribution in [1.29, 1.82) is 0 Å². The molecule has 0 saturated heterocycles. The van der Waals surface area contributed by atoms with E-state index in [0.29, 0.717) is 17.2 Å². The van der Waals surface area contributed by atoms with Gasteiger partial charge in [0, 0.05) is 5.56 Å². The molecule has 1 amide bonds. The Bertz CT molecular complexity index is 822. The molecule has 0 aliphatic rings. The minimum Gasteiger partial charge on any atom is -0.497 e. The van der Waals surface area contributed by atoms with Gasteiger partial charge in [0.25, 0.3) is 5.91 Å². The predicted molar refractivity (Wildman–Crippen MR) is 87.6 cm³/mol. The largest absolute Gasteiger partial charge is 0.497 e. The zero-order valence-corrected chi connectivity index (χ0v) is 12.9. The van der Waals surface area contributed by atoms with Gasteiger partial charge in [-0.1, -0.05) is 41.1 Å². The molecule has 2 aromatic carbocycles. The first-order chi connectivity index (χ1) is 11.2. The Kier molecular flexibility index (Phi) is 4.10. The van der Waals surface area contributed by atoms with E-state index in [1.165, 1.54) is 0 Å². The smallest absolute Gasteiger partial charge is 0.258 e. The van der Waals surface area contributed by atoms with Crippen molar-refractivity contribution in [3.05, 3.63) is 65.9 Å². The summed E-state index contributed by atoms with van der Waals surface area (Å²) >= 11 is 0. The maximum absolute atomic E-state index is 12.4. The number of rotatable bonds is 4. The van der Waals surface area contributed by atoms with Gasteiger partial charge in [0.05, 0.1) is 18.9 Å². The van der Waals surface area contributed by atoms with Crippen LogP contribution in [0.25, 0.3) is 11.1 Å². The molecule has 0 aliphatic carbocycles. The van der Waals surface area contributed by atoms with E-state index in [0.717, 1.165) is 16.7 Å². The second-order valence-corrected chi connectivity index (χ2v) is 5.12. The summed E-state index contributed by atoms with van der Waals surface area (Å²) in [7, 11) is 1.56. The van der Waals surface area contributed by atoms with Crippen LogP contribution >= 0.6 is 0 Å². The Morgan fingerprint density at radius 3 is 2.70 bits per heavy atom. The number of nitrogens with zero attached hydrogens (tertiary/aromatic N) is 1. The quantitative estimate of drug-likeness (QED) is 0.793. The molecular formula is C18H16N2O3. The van der Waals surface area contributed by atoms with Gasteiger partial charge in [-0.2, -0.15) is 0 Å². The van der Waals surface area contributed by atoms with Crippen LogP contribution in [0.4, 0.5) is 5.88 Å². The summed E-state index contributed by atoms with van der Waals surface area (Å²) in [6.45, 7) is 2.02. The number of amides is 1. The van der Waals surface area contributed by atoms with Crippen molar-refractivity contribution in [1.82, 2.24) is 5.16 Å². The molecule has 0 unspecified atom stereocenters. The fourth-order valence-electron chi connectivity index (χ4n) is 2.21. The fourth-order valence-corrected chi connectivity index (χ4v) is 2.21. The maximum Gasteiger partial charge on any atom is 0.258 e. The molecule has 3 rings (SSSR count). The number of hydrogen-bond donors (Lipinski definition) is 1. The predicted octanol–water partition coefficient (Wildman–Crippen LogP) is 3.91. The van der Waals surface area contributed by atoms with E-state index in [1.54, 1.807) is 37.6 Å². The van der Waals surface area contributed by atoms with E-state index in [9.17, 15) is 4.79 Å². The lowest BCUT2D eigenvalue weighted by Gasteiger charge is -2.06. The highest BCUT2D eigenvalue weighted by Gasteiger charge is 2.15. The van der Waals surface area contributed by atoms with Crippen LogP contribution in [-0.4, -0.2) is 18.2 Å². The second-order valence-electron chi connectivity index (χ2n) is 5.12. The van der Waals surface area contributed by atoms with E-state index in [2.05, 4.69) is 10.5 Å². The van der Waals surface area contributed by atoms with E-state index in [-0.39, 0.29) is 5.91 Å². The molecule has 0 atom stereocenters. The molecule has 5 heteroatoms.